The summed E-state index contributed by atoms with van der Waals surface area (Å²) in [6.45, 7) is 6.58. The van der Waals surface area contributed by atoms with Gasteiger partial charge in [-0.3, -0.25) is 14.7 Å². The minimum Gasteiger partial charge on any atom is -0.490 e. The number of anilines is 1. The Morgan fingerprint density at radius 3 is 2.72 bits per heavy atom. The van der Waals surface area contributed by atoms with E-state index >= 15 is 0 Å². The van der Waals surface area contributed by atoms with E-state index in [4.69, 9.17) is 21.1 Å². The zero-order valence-electron chi connectivity index (χ0n) is 25.8. The Morgan fingerprint density at radius 2 is 1.98 bits per heavy atom. The molecule has 0 unspecified atom stereocenters. The molecule has 3 aromatic rings. The number of amides is 1. The molecule has 1 saturated carbocycles. The summed E-state index contributed by atoms with van der Waals surface area (Å²) >= 11 is 5.91. The molecule has 0 atom stereocenters. The number of nitrogens with zero attached hydrogens (tertiary/aromatic N) is 7. The second kappa shape index (κ2) is 13.6. The second-order valence-electron chi connectivity index (χ2n) is 12.6. The number of alkyl halides is 3. The third-order valence-electron chi connectivity index (χ3n) is 8.89. The zero-order chi connectivity index (χ0) is 32.4. The molecule has 10 nitrogen and oxygen atoms in total. The van der Waals surface area contributed by atoms with Crippen molar-refractivity contribution < 1.29 is 27.4 Å². The van der Waals surface area contributed by atoms with Gasteiger partial charge in [0, 0.05) is 67.4 Å². The first-order valence-electron chi connectivity index (χ1n) is 15.6. The van der Waals surface area contributed by atoms with E-state index in [9.17, 15) is 18.0 Å². The van der Waals surface area contributed by atoms with Gasteiger partial charge in [0.15, 0.2) is 5.82 Å². The number of benzene rings is 1. The van der Waals surface area contributed by atoms with E-state index in [1.807, 2.05) is 17.2 Å². The lowest BCUT2D eigenvalue weighted by Gasteiger charge is -2.58. The Bertz CT molecular complexity index is 1550. The SMILES string of the molecule is CC(C)N(CC(F)F)C(=O)c1cc(F)ccc1Oc1nncnc1N1CC2(CC(Oc3ccnc4c3CN(CCCCl)CC4)C2)C1. The molecule has 2 aliphatic heterocycles. The molecule has 1 saturated heterocycles. The number of halogens is 4. The van der Waals surface area contributed by atoms with Gasteiger partial charge in [0.05, 0.1) is 12.1 Å². The van der Waals surface area contributed by atoms with Crippen molar-refractivity contribution in [1.29, 1.82) is 0 Å². The minimum absolute atomic E-state index is 0.0240. The molecule has 2 aromatic heterocycles. The summed E-state index contributed by atoms with van der Waals surface area (Å²) in [6.07, 6.45) is 4.10. The molecule has 1 spiro atoms. The lowest BCUT2D eigenvalue weighted by atomic mass is 9.61. The zero-order valence-corrected chi connectivity index (χ0v) is 26.6. The molecule has 1 amide bonds. The molecule has 46 heavy (non-hydrogen) atoms. The van der Waals surface area contributed by atoms with Crippen LogP contribution in [0.4, 0.5) is 19.0 Å². The maximum Gasteiger partial charge on any atom is 0.282 e. The fourth-order valence-corrected chi connectivity index (χ4v) is 6.75. The summed E-state index contributed by atoms with van der Waals surface area (Å²) in [6, 6.07) is 4.81. The van der Waals surface area contributed by atoms with Crippen molar-refractivity contribution in [2.45, 2.75) is 64.6 Å². The molecule has 246 valence electrons. The van der Waals surface area contributed by atoms with Gasteiger partial charge in [0.2, 0.25) is 0 Å². The van der Waals surface area contributed by atoms with Crippen molar-refractivity contribution in [2.24, 2.45) is 5.41 Å². The first-order valence-corrected chi connectivity index (χ1v) is 16.1. The van der Waals surface area contributed by atoms with Gasteiger partial charge in [-0.15, -0.1) is 21.8 Å². The van der Waals surface area contributed by atoms with Gasteiger partial charge < -0.3 is 19.3 Å². The monoisotopic (exact) mass is 659 g/mol. The van der Waals surface area contributed by atoms with Crippen molar-refractivity contribution in [2.75, 3.05) is 43.5 Å². The quantitative estimate of drug-likeness (QED) is 0.239. The molecule has 0 bridgehead atoms. The van der Waals surface area contributed by atoms with Crippen LogP contribution in [0.3, 0.4) is 0 Å². The fourth-order valence-electron chi connectivity index (χ4n) is 6.63. The molecule has 0 radical (unpaired) electrons. The number of carbonyl (C=O) groups excluding carboxylic acids is 1. The Hall–Kier alpha value is -3.71. The summed E-state index contributed by atoms with van der Waals surface area (Å²) in [7, 11) is 0. The van der Waals surface area contributed by atoms with Crippen LogP contribution in [0, 0.1) is 11.2 Å². The number of pyridine rings is 1. The van der Waals surface area contributed by atoms with Crippen LogP contribution in [0.2, 0.25) is 0 Å². The number of ether oxygens (including phenoxy) is 2. The molecule has 0 N–H and O–H groups in total. The van der Waals surface area contributed by atoms with E-state index in [2.05, 4.69) is 25.1 Å². The van der Waals surface area contributed by atoms with Crippen LogP contribution < -0.4 is 14.4 Å². The van der Waals surface area contributed by atoms with Crippen molar-refractivity contribution in [3.8, 4) is 17.4 Å². The Balaban J connectivity index is 1.10. The number of hydrogen-bond acceptors (Lipinski definition) is 9. The molecule has 1 aliphatic carbocycles. The van der Waals surface area contributed by atoms with E-state index in [0.717, 1.165) is 79.4 Å². The normalized spacial score (nSPS) is 17.5. The molecular weight excluding hydrogens is 623 g/mol. The van der Waals surface area contributed by atoms with Crippen LogP contribution in [-0.2, 0) is 13.0 Å². The standard InChI is InChI=1S/C32H37ClF3N7O3/c1-20(2)43(16-28(35)36)31(44)23-12-21(34)4-5-26(23)46-30-29(38-19-39-40-30)42-17-32(18-42)13-22(14-32)45-27-6-9-37-25-7-11-41(10-3-8-33)15-24(25)27/h4-6,9,12,19-20,22,28H,3,7-8,10-11,13-18H2,1-2H3. The molecule has 1 aromatic carbocycles. The van der Waals surface area contributed by atoms with Crippen LogP contribution in [-0.4, -0.2) is 93.0 Å². The number of carbonyl (C=O) groups is 1. The Kier molecular flexibility index (Phi) is 9.51. The number of hydrogen-bond donors (Lipinski definition) is 0. The summed E-state index contributed by atoms with van der Waals surface area (Å²) < 4.78 is 53.2. The number of fused-ring (bicyclic) bond motifs is 1. The molecule has 4 heterocycles. The van der Waals surface area contributed by atoms with Gasteiger partial charge in [-0.05, 0) is 63.9 Å². The molecule has 14 heteroatoms. The Morgan fingerprint density at radius 1 is 1.17 bits per heavy atom. The lowest BCUT2D eigenvalue weighted by molar-refractivity contribution is -0.0353. The minimum atomic E-state index is -2.75. The molecule has 3 aliphatic rings. The maximum atomic E-state index is 14.2. The first kappa shape index (κ1) is 32.2. The summed E-state index contributed by atoms with van der Waals surface area (Å²) in [5.41, 5.74) is 2.14. The van der Waals surface area contributed by atoms with Gasteiger partial charge in [0.25, 0.3) is 18.2 Å². The topological polar surface area (TPSA) is 96.8 Å². The number of rotatable bonds is 12. The van der Waals surface area contributed by atoms with Crippen LogP contribution in [0.15, 0.2) is 36.8 Å². The highest BCUT2D eigenvalue weighted by atomic mass is 35.5. The van der Waals surface area contributed by atoms with Crippen molar-refractivity contribution in [3.05, 3.63) is 59.4 Å². The smallest absolute Gasteiger partial charge is 0.282 e. The van der Waals surface area contributed by atoms with Gasteiger partial charge in [-0.1, -0.05) is 0 Å². The van der Waals surface area contributed by atoms with Crippen LogP contribution in [0.25, 0.3) is 0 Å². The predicted octanol–water partition coefficient (Wildman–Crippen LogP) is 5.35. The van der Waals surface area contributed by atoms with Gasteiger partial charge >= 0.3 is 0 Å². The van der Waals surface area contributed by atoms with Gasteiger partial charge in [0.1, 0.15) is 29.7 Å². The largest absolute Gasteiger partial charge is 0.490 e. The van der Waals surface area contributed by atoms with Crippen molar-refractivity contribution >= 4 is 23.3 Å². The third-order valence-corrected chi connectivity index (χ3v) is 9.16. The maximum absolute atomic E-state index is 14.2. The highest BCUT2D eigenvalue weighted by Gasteiger charge is 2.54. The summed E-state index contributed by atoms with van der Waals surface area (Å²) in [5, 5.41) is 7.95. The number of aromatic nitrogens is 4. The van der Waals surface area contributed by atoms with Crippen LogP contribution in [0.1, 0.15) is 54.7 Å². The molecular formula is C32H37ClF3N7O3. The van der Waals surface area contributed by atoms with Crippen molar-refractivity contribution in [3.63, 3.8) is 0 Å². The fraction of sp³-hybridized carbons (Fsp3) is 0.531. The van der Waals surface area contributed by atoms with E-state index in [0.29, 0.717) is 24.8 Å². The summed E-state index contributed by atoms with van der Waals surface area (Å²) in [5.74, 6) is 0.526. The van der Waals surface area contributed by atoms with E-state index < -0.39 is 30.7 Å². The van der Waals surface area contributed by atoms with E-state index in [-0.39, 0.29) is 28.7 Å². The predicted molar refractivity (Wildman–Crippen MR) is 165 cm³/mol. The average Bonchev–Trinajstić information content (AvgIpc) is 3.00. The van der Waals surface area contributed by atoms with Crippen LogP contribution >= 0.6 is 11.6 Å². The first-order chi connectivity index (χ1) is 22.1. The van der Waals surface area contributed by atoms with Gasteiger partial charge in [-0.2, -0.15) is 0 Å². The summed E-state index contributed by atoms with van der Waals surface area (Å²) in [4.78, 5) is 27.6. The molecule has 2 fully saturated rings. The van der Waals surface area contributed by atoms with E-state index in [1.165, 1.54) is 12.4 Å². The van der Waals surface area contributed by atoms with E-state index in [1.54, 1.807) is 13.8 Å². The third kappa shape index (κ3) is 6.85. The second-order valence-corrected chi connectivity index (χ2v) is 13.0. The van der Waals surface area contributed by atoms with Gasteiger partial charge in [-0.25, -0.2) is 18.2 Å². The highest BCUT2D eigenvalue weighted by Crippen LogP contribution is 2.52. The molecule has 6 rings (SSSR count). The lowest BCUT2D eigenvalue weighted by Crippen LogP contribution is -2.65. The van der Waals surface area contributed by atoms with Crippen molar-refractivity contribution in [1.82, 2.24) is 30.0 Å². The average molecular weight is 660 g/mol. The highest BCUT2D eigenvalue weighted by molar-refractivity contribution is 6.17. The van der Waals surface area contributed by atoms with Crippen LogP contribution in [0.5, 0.6) is 17.4 Å². The Labute approximate surface area is 270 Å².